The topological polar surface area (TPSA) is 20.3 Å². The number of carbonyl (C=O) groups excluding carboxylic acids is 1. The number of hydrogen-bond acceptors (Lipinski definition) is 2. The molecule has 2 rings (SSSR count). The van der Waals surface area contributed by atoms with Gasteiger partial charge in [-0.25, -0.2) is 4.39 Å². The van der Waals surface area contributed by atoms with Gasteiger partial charge in [0.1, 0.15) is 12.1 Å². The lowest BCUT2D eigenvalue weighted by molar-refractivity contribution is -0.108. The van der Waals surface area contributed by atoms with Crippen LogP contribution in [0, 0.1) is 5.82 Å². The first-order valence-electron chi connectivity index (χ1n) is 5.64. The Bertz CT molecular complexity index is 403. The molecule has 1 aromatic rings. The molecule has 0 saturated carbocycles. The molecule has 0 saturated heterocycles. The van der Waals surface area contributed by atoms with E-state index >= 15 is 0 Å². The van der Waals surface area contributed by atoms with Crippen LogP contribution in [0.4, 0.5) is 10.1 Å². The first-order valence-corrected chi connectivity index (χ1v) is 5.64. The number of anilines is 1. The van der Waals surface area contributed by atoms with Crippen molar-refractivity contribution in [3.05, 3.63) is 29.6 Å². The van der Waals surface area contributed by atoms with Gasteiger partial charge in [-0.1, -0.05) is 0 Å². The van der Waals surface area contributed by atoms with Crippen LogP contribution >= 0.6 is 0 Å². The summed E-state index contributed by atoms with van der Waals surface area (Å²) >= 11 is 0. The average molecular weight is 221 g/mol. The van der Waals surface area contributed by atoms with E-state index in [1.165, 1.54) is 6.07 Å². The zero-order valence-corrected chi connectivity index (χ0v) is 9.61. The predicted octanol–water partition coefficient (Wildman–Crippen LogP) is 2.55. The quantitative estimate of drug-likeness (QED) is 0.731. The minimum absolute atomic E-state index is 0.189. The van der Waals surface area contributed by atoms with Crippen LogP contribution < -0.4 is 4.90 Å². The SMILES string of the molecule is CC(C)N1c2ccc(F)cc2CC1CC=O. The molecule has 0 aromatic heterocycles. The molecule has 0 fully saturated rings. The summed E-state index contributed by atoms with van der Waals surface area (Å²) < 4.78 is 13.1. The summed E-state index contributed by atoms with van der Waals surface area (Å²) in [5.41, 5.74) is 2.09. The Balaban J connectivity index is 2.36. The number of carbonyl (C=O) groups is 1. The Kier molecular flexibility index (Phi) is 2.95. The van der Waals surface area contributed by atoms with E-state index in [4.69, 9.17) is 0 Å². The highest BCUT2D eigenvalue weighted by Crippen LogP contribution is 2.35. The maximum absolute atomic E-state index is 13.1. The molecule has 86 valence electrons. The van der Waals surface area contributed by atoms with E-state index in [1.54, 1.807) is 6.07 Å². The highest BCUT2D eigenvalue weighted by Gasteiger charge is 2.30. The van der Waals surface area contributed by atoms with Crippen molar-refractivity contribution in [1.29, 1.82) is 0 Å². The summed E-state index contributed by atoms with van der Waals surface area (Å²) in [4.78, 5) is 12.9. The number of nitrogens with zero attached hydrogens (tertiary/aromatic N) is 1. The molecular weight excluding hydrogens is 205 g/mol. The molecule has 0 aliphatic carbocycles. The van der Waals surface area contributed by atoms with Gasteiger partial charge in [0.05, 0.1) is 0 Å². The Hall–Kier alpha value is -1.38. The smallest absolute Gasteiger partial charge is 0.123 e. The highest BCUT2D eigenvalue weighted by atomic mass is 19.1. The van der Waals surface area contributed by atoms with Crippen molar-refractivity contribution >= 4 is 12.0 Å². The van der Waals surface area contributed by atoms with Gasteiger partial charge < -0.3 is 9.69 Å². The van der Waals surface area contributed by atoms with Gasteiger partial charge in [-0.2, -0.15) is 0 Å². The van der Waals surface area contributed by atoms with Crippen LogP contribution in [0.1, 0.15) is 25.8 Å². The van der Waals surface area contributed by atoms with Crippen molar-refractivity contribution < 1.29 is 9.18 Å². The molecule has 0 bridgehead atoms. The van der Waals surface area contributed by atoms with Crippen molar-refractivity contribution in [1.82, 2.24) is 0 Å². The van der Waals surface area contributed by atoms with E-state index in [-0.39, 0.29) is 11.9 Å². The first-order chi connectivity index (χ1) is 7.63. The van der Waals surface area contributed by atoms with E-state index < -0.39 is 0 Å². The van der Waals surface area contributed by atoms with Gasteiger partial charge >= 0.3 is 0 Å². The number of halogens is 1. The third kappa shape index (κ3) is 1.82. The molecule has 1 unspecified atom stereocenters. The molecule has 0 radical (unpaired) electrons. The first kappa shape index (κ1) is 11.1. The normalized spacial score (nSPS) is 19.0. The maximum atomic E-state index is 13.1. The second kappa shape index (κ2) is 4.24. The molecule has 2 nitrogen and oxygen atoms in total. The minimum atomic E-state index is -0.200. The number of hydrogen-bond donors (Lipinski definition) is 0. The van der Waals surface area contributed by atoms with E-state index in [9.17, 15) is 9.18 Å². The standard InChI is InChI=1S/C13H16FNO/c1-9(2)15-12(5-6-16)8-10-7-11(14)3-4-13(10)15/h3-4,6-7,9,12H,5,8H2,1-2H3. The van der Waals surface area contributed by atoms with Crippen LogP contribution in [0.5, 0.6) is 0 Å². The highest BCUT2D eigenvalue weighted by molar-refractivity contribution is 5.63. The van der Waals surface area contributed by atoms with Gasteiger partial charge in [0.2, 0.25) is 0 Å². The molecule has 1 heterocycles. The van der Waals surface area contributed by atoms with Crippen LogP contribution in [-0.4, -0.2) is 18.4 Å². The zero-order valence-electron chi connectivity index (χ0n) is 9.61. The monoisotopic (exact) mass is 221 g/mol. The second-order valence-corrected chi connectivity index (χ2v) is 4.53. The van der Waals surface area contributed by atoms with Crippen molar-refractivity contribution in [3.63, 3.8) is 0 Å². The van der Waals surface area contributed by atoms with Crippen LogP contribution in [0.15, 0.2) is 18.2 Å². The minimum Gasteiger partial charge on any atom is -0.365 e. The third-order valence-corrected chi connectivity index (χ3v) is 3.09. The average Bonchev–Trinajstić information content (AvgIpc) is 2.55. The largest absolute Gasteiger partial charge is 0.365 e. The van der Waals surface area contributed by atoms with Crippen LogP contribution in [0.2, 0.25) is 0 Å². The van der Waals surface area contributed by atoms with Gasteiger partial charge in [-0.15, -0.1) is 0 Å². The molecule has 0 amide bonds. The van der Waals surface area contributed by atoms with Crippen LogP contribution in [0.3, 0.4) is 0 Å². The molecule has 0 spiro atoms. The number of rotatable bonds is 3. The molecule has 1 aromatic carbocycles. The third-order valence-electron chi connectivity index (χ3n) is 3.09. The Morgan fingerprint density at radius 1 is 1.56 bits per heavy atom. The molecule has 1 aliphatic rings. The van der Waals surface area contributed by atoms with Crippen molar-refractivity contribution in [2.24, 2.45) is 0 Å². The summed E-state index contributed by atoms with van der Waals surface area (Å²) in [6.07, 6.45) is 2.22. The lowest BCUT2D eigenvalue weighted by Gasteiger charge is -2.30. The number of fused-ring (bicyclic) bond motifs is 1. The Morgan fingerprint density at radius 3 is 2.94 bits per heavy atom. The van der Waals surface area contributed by atoms with Gasteiger partial charge in [0.15, 0.2) is 0 Å². The zero-order chi connectivity index (χ0) is 11.7. The fraction of sp³-hybridized carbons (Fsp3) is 0.462. The molecule has 1 aliphatic heterocycles. The summed E-state index contributed by atoms with van der Waals surface area (Å²) in [5, 5.41) is 0. The Labute approximate surface area is 95.1 Å². The summed E-state index contributed by atoms with van der Waals surface area (Å²) in [5.74, 6) is -0.200. The maximum Gasteiger partial charge on any atom is 0.123 e. The summed E-state index contributed by atoms with van der Waals surface area (Å²) in [6.45, 7) is 4.19. The van der Waals surface area contributed by atoms with E-state index in [0.29, 0.717) is 12.5 Å². The molecule has 3 heteroatoms. The predicted molar refractivity (Wildman–Crippen MR) is 62.2 cm³/mol. The van der Waals surface area contributed by atoms with Gasteiger partial charge in [0.25, 0.3) is 0 Å². The van der Waals surface area contributed by atoms with Crippen molar-refractivity contribution in [2.45, 2.75) is 38.8 Å². The second-order valence-electron chi connectivity index (χ2n) is 4.53. The van der Waals surface area contributed by atoms with Gasteiger partial charge in [0, 0.05) is 24.2 Å². The van der Waals surface area contributed by atoms with Crippen LogP contribution in [-0.2, 0) is 11.2 Å². The molecule has 16 heavy (non-hydrogen) atoms. The summed E-state index contributed by atoms with van der Waals surface area (Å²) in [7, 11) is 0. The number of aldehydes is 1. The molecule has 0 N–H and O–H groups in total. The lowest BCUT2D eigenvalue weighted by atomic mass is 10.1. The van der Waals surface area contributed by atoms with Gasteiger partial charge in [-0.05, 0) is 44.0 Å². The molecular formula is C13H16FNO. The van der Waals surface area contributed by atoms with E-state index in [2.05, 4.69) is 18.7 Å². The fourth-order valence-electron chi connectivity index (χ4n) is 2.53. The Morgan fingerprint density at radius 2 is 2.31 bits per heavy atom. The summed E-state index contributed by atoms with van der Waals surface area (Å²) in [6, 6.07) is 5.40. The van der Waals surface area contributed by atoms with E-state index in [0.717, 1.165) is 24.0 Å². The van der Waals surface area contributed by atoms with Gasteiger partial charge in [-0.3, -0.25) is 0 Å². The van der Waals surface area contributed by atoms with E-state index in [1.807, 2.05) is 6.07 Å². The van der Waals surface area contributed by atoms with Crippen molar-refractivity contribution in [2.75, 3.05) is 4.90 Å². The molecule has 1 atom stereocenters. The number of benzene rings is 1. The fourth-order valence-corrected chi connectivity index (χ4v) is 2.53. The van der Waals surface area contributed by atoms with Crippen molar-refractivity contribution in [3.8, 4) is 0 Å². The van der Waals surface area contributed by atoms with Crippen LogP contribution in [0.25, 0.3) is 0 Å². The lowest BCUT2D eigenvalue weighted by Crippen LogP contribution is -2.37.